The highest BCUT2D eigenvalue weighted by atomic mass is 32.2. The molecule has 0 amide bonds. The summed E-state index contributed by atoms with van der Waals surface area (Å²) in [6.45, 7) is 6.75. The van der Waals surface area contributed by atoms with E-state index >= 15 is 0 Å². The topological polar surface area (TPSA) is 73.8 Å². The van der Waals surface area contributed by atoms with E-state index in [2.05, 4.69) is 26.9 Å². The zero-order valence-corrected chi connectivity index (χ0v) is 15.1. The van der Waals surface area contributed by atoms with Crippen LogP contribution >= 0.6 is 0 Å². The monoisotopic (exact) mass is 332 g/mol. The van der Waals surface area contributed by atoms with Crippen LogP contribution in [0.15, 0.2) is 4.99 Å². The zero-order valence-electron chi connectivity index (χ0n) is 14.3. The molecular formula is C15H32N4O2S. The van der Waals surface area contributed by atoms with Crippen molar-refractivity contribution in [1.82, 2.24) is 14.9 Å². The summed E-state index contributed by atoms with van der Waals surface area (Å²) in [5.41, 5.74) is 0. The van der Waals surface area contributed by atoms with Gasteiger partial charge in [-0.25, -0.2) is 13.1 Å². The summed E-state index contributed by atoms with van der Waals surface area (Å²) in [4.78, 5) is 6.48. The summed E-state index contributed by atoms with van der Waals surface area (Å²) >= 11 is 0. The minimum atomic E-state index is -3.21. The average molecular weight is 333 g/mol. The molecule has 0 bridgehead atoms. The average Bonchev–Trinajstić information content (AvgIpc) is 2.41. The quantitative estimate of drug-likeness (QED) is 0.468. The van der Waals surface area contributed by atoms with Gasteiger partial charge in [0.15, 0.2) is 5.96 Å². The van der Waals surface area contributed by atoms with Crippen LogP contribution in [-0.4, -0.2) is 58.3 Å². The molecule has 130 valence electrons. The fourth-order valence-corrected chi connectivity index (χ4v) is 3.22. The van der Waals surface area contributed by atoms with Crippen LogP contribution in [0.25, 0.3) is 0 Å². The number of hydrogen-bond donors (Lipinski definition) is 2. The minimum Gasteiger partial charge on any atom is -0.357 e. The second-order valence-electron chi connectivity index (χ2n) is 5.98. The van der Waals surface area contributed by atoms with E-state index < -0.39 is 10.0 Å². The number of sulfonamides is 1. The second kappa shape index (κ2) is 10.0. The number of guanidine groups is 1. The van der Waals surface area contributed by atoms with Gasteiger partial charge in [0.05, 0.1) is 12.3 Å². The lowest BCUT2D eigenvalue weighted by Crippen LogP contribution is -2.40. The number of aliphatic imine (C=N–C) groups is 1. The van der Waals surface area contributed by atoms with E-state index in [1.807, 2.05) is 14.0 Å². The Kier molecular flexibility index (Phi) is 8.78. The van der Waals surface area contributed by atoms with E-state index in [0.29, 0.717) is 19.0 Å². The van der Waals surface area contributed by atoms with Gasteiger partial charge in [-0.05, 0) is 32.1 Å². The molecule has 22 heavy (non-hydrogen) atoms. The first kappa shape index (κ1) is 19.2. The Morgan fingerprint density at radius 1 is 1.32 bits per heavy atom. The first-order valence-electron chi connectivity index (χ1n) is 8.45. The van der Waals surface area contributed by atoms with E-state index in [-0.39, 0.29) is 5.75 Å². The Morgan fingerprint density at radius 2 is 2.05 bits per heavy atom. The molecule has 0 aromatic heterocycles. The van der Waals surface area contributed by atoms with Crippen molar-refractivity contribution in [3.63, 3.8) is 0 Å². The Morgan fingerprint density at radius 3 is 2.59 bits per heavy atom. The van der Waals surface area contributed by atoms with Crippen molar-refractivity contribution in [3.05, 3.63) is 0 Å². The van der Waals surface area contributed by atoms with Gasteiger partial charge in [-0.2, -0.15) is 0 Å². The molecule has 0 aliphatic heterocycles. The summed E-state index contributed by atoms with van der Waals surface area (Å²) in [5.74, 6) is 1.37. The van der Waals surface area contributed by atoms with Crippen LogP contribution in [0, 0.1) is 5.92 Å². The van der Waals surface area contributed by atoms with Crippen LogP contribution in [0.1, 0.15) is 46.0 Å². The number of nitrogens with one attached hydrogen (secondary N) is 2. The van der Waals surface area contributed by atoms with Crippen LogP contribution in [0.5, 0.6) is 0 Å². The molecule has 0 aromatic carbocycles. The Hall–Kier alpha value is -0.820. The molecule has 1 rings (SSSR count). The van der Waals surface area contributed by atoms with Gasteiger partial charge in [0.2, 0.25) is 10.0 Å². The van der Waals surface area contributed by atoms with Gasteiger partial charge in [0.1, 0.15) is 0 Å². The van der Waals surface area contributed by atoms with Gasteiger partial charge < -0.3 is 10.2 Å². The van der Waals surface area contributed by atoms with Crippen LogP contribution in [0.2, 0.25) is 0 Å². The molecule has 6 nitrogen and oxygen atoms in total. The van der Waals surface area contributed by atoms with Crippen LogP contribution in [-0.2, 0) is 10.0 Å². The molecule has 0 spiro atoms. The van der Waals surface area contributed by atoms with Gasteiger partial charge in [-0.1, -0.05) is 19.8 Å². The van der Waals surface area contributed by atoms with Gasteiger partial charge in [0, 0.05) is 26.7 Å². The number of nitrogens with zero attached hydrogens (tertiary/aromatic N) is 2. The Labute approximate surface area is 135 Å². The second-order valence-corrected chi connectivity index (χ2v) is 7.90. The molecule has 1 aliphatic carbocycles. The fraction of sp³-hybridized carbons (Fsp3) is 0.933. The summed E-state index contributed by atoms with van der Waals surface area (Å²) in [6.07, 6.45) is 5.75. The maximum atomic E-state index is 11.9. The number of unbranched alkanes of at least 4 members (excludes halogenated alkanes) is 1. The maximum absolute atomic E-state index is 11.9. The summed E-state index contributed by atoms with van der Waals surface area (Å²) in [7, 11) is -1.22. The van der Waals surface area contributed by atoms with E-state index in [1.165, 1.54) is 6.42 Å². The molecule has 1 fully saturated rings. The molecule has 0 unspecified atom stereocenters. The van der Waals surface area contributed by atoms with Crippen LogP contribution in [0.4, 0.5) is 0 Å². The van der Waals surface area contributed by atoms with Crippen LogP contribution < -0.4 is 10.0 Å². The minimum absolute atomic E-state index is 0.0518. The lowest BCUT2D eigenvalue weighted by molar-refractivity contribution is 0.316. The van der Waals surface area contributed by atoms with Crippen molar-refractivity contribution in [2.75, 3.05) is 39.0 Å². The van der Waals surface area contributed by atoms with Gasteiger partial charge in [0.25, 0.3) is 0 Å². The maximum Gasteiger partial charge on any atom is 0.213 e. The number of rotatable bonds is 10. The number of hydrogen-bond acceptors (Lipinski definition) is 3. The van der Waals surface area contributed by atoms with Crippen LogP contribution in [0.3, 0.4) is 0 Å². The van der Waals surface area contributed by atoms with Crippen molar-refractivity contribution in [2.45, 2.75) is 46.0 Å². The predicted molar refractivity (Wildman–Crippen MR) is 92.6 cm³/mol. The van der Waals surface area contributed by atoms with E-state index in [0.717, 1.165) is 44.7 Å². The third-order valence-electron chi connectivity index (χ3n) is 3.98. The smallest absolute Gasteiger partial charge is 0.213 e. The molecule has 1 saturated carbocycles. The largest absolute Gasteiger partial charge is 0.357 e. The zero-order chi connectivity index (χ0) is 16.4. The molecular weight excluding hydrogens is 300 g/mol. The van der Waals surface area contributed by atoms with E-state index in [1.54, 1.807) is 0 Å². The highest BCUT2D eigenvalue weighted by Crippen LogP contribution is 2.25. The van der Waals surface area contributed by atoms with Gasteiger partial charge >= 0.3 is 0 Å². The van der Waals surface area contributed by atoms with Crippen molar-refractivity contribution >= 4 is 16.0 Å². The van der Waals surface area contributed by atoms with Crippen molar-refractivity contribution in [1.29, 1.82) is 0 Å². The molecule has 0 radical (unpaired) electrons. The van der Waals surface area contributed by atoms with E-state index in [9.17, 15) is 8.42 Å². The predicted octanol–water partition coefficient (Wildman–Crippen LogP) is 1.40. The molecule has 0 heterocycles. The summed E-state index contributed by atoms with van der Waals surface area (Å²) in [5, 5.41) is 3.21. The Balaban J connectivity index is 2.40. The lowest BCUT2D eigenvalue weighted by atomic mass is 9.86. The third kappa shape index (κ3) is 7.45. The SMILES string of the molecule is CCCCN(C)C(=NCCS(=O)(=O)NCC1CCC1)NCC. The summed E-state index contributed by atoms with van der Waals surface area (Å²) < 4.78 is 26.6. The molecule has 1 aliphatic rings. The molecule has 7 heteroatoms. The highest BCUT2D eigenvalue weighted by molar-refractivity contribution is 7.89. The summed E-state index contributed by atoms with van der Waals surface area (Å²) in [6, 6.07) is 0. The first-order valence-corrected chi connectivity index (χ1v) is 10.1. The molecule has 0 aromatic rings. The van der Waals surface area contributed by atoms with Gasteiger partial charge in [-0.15, -0.1) is 0 Å². The lowest BCUT2D eigenvalue weighted by Gasteiger charge is -2.25. The van der Waals surface area contributed by atoms with Crippen molar-refractivity contribution in [2.24, 2.45) is 10.9 Å². The molecule has 0 atom stereocenters. The first-order chi connectivity index (χ1) is 10.5. The van der Waals surface area contributed by atoms with Gasteiger partial charge in [-0.3, -0.25) is 4.99 Å². The van der Waals surface area contributed by atoms with E-state index in [4.69, 9.17) is 0 Å². The fourth-order valence-electron chi connectivity index (χ4n) is 2.26. The molecule has 2 N–H and O–H groups in total. The highest BCUT2D eigenvalue weighted by Gasteiger charge is 2.20. The normalized spacial score (nSPS) is 16.4. The van der Waals surface area contributed by atoms with Crippen molar-refractivity contribution in [3.8, 4) is 0 Å². The van der Waals surface area contributed by atoms with Crippen molar-refractivity contribution < 1.29 is 8.42 Å². The third-order valence-corrected chi connectivity index (χ3v) is 5.31. The molecule has 0 saturated heterocycles. The standard InChI is InChI=1S/C15H32N4O2S/c1-4-6-11-19(3)15(16-5-2)17-10-12-22(20,21)18-13-14-8-7-9-14/h14,18H,4-13H2,1-3H3,(H,16,17). The Bertz CT molecular complexity index is 433.